The second-order valence-electron chi connectivity index (χ2n) is 5.52. The van der Waals surface area contributed by atoms with E-state index in [4.69, 9.17) is 5.73 Å². The van der Waals surface area contributed by atoms with E-state index in [0.29, 0.717) is 30.1 Å². The number of pyridine rings is 1. The van der Waals surface area contributed by atoms with E-state index in [0.717, 1.165) is 12.8 Å². The van der Waals surface area contributed by atoms with Crippen LogP contribution in [0.25, 0.3) is 5.65 Å². The summed E-state index contributed by atoms with van der Waals surface area (Å²) in [6.45, 7) is 0.691. The van der Waals surface area contributed by atoms with Crippen molar-refractivity contribution in [3.8, 4) is 0 Å². The van der Waals surface area contributed by atoms with Crippen molar-refractivity contribution >= 4 is 11.6 Å². The van der Waals surface area contributed by atoms with Gasteiger partial charge in [0.25, 0.3) is 0 Å². The predicted molar refractivity (Wildman–Crippen MR) is 76.1 cm³/mol. The van der Waals surface area contributed by atoms with Gasteiger partial charge in [-0.25, -0.2) is 8.91 Å². The second kappa shape index (κ2) is 5.36. The number of rotatable bonds is 3. The summed E-state index contributed by atoms with van der Waals surface area (Å²) in [5.41, 5.74) is 6.54. The normalized spacial score (nSPS) is 23.1. The molecule has 2 N–H and O–H groups in total. The van der Waals surface area contributed by atoms with Crippen LogP contribution in [0.2, 0.25) is 0 Å². The largest absolute Gasteiger partial charge is 0.339 e. The van der Waals surface area contributed by atoms with Gasteiger partial charge in [-0.05, 0) is 37.4 Å². The van der Waals surface area contributed by atoms with Crippen molar-refractivity contribution in [1.82, 2.24) is 14.6 Å². The van der Waals surface area contributed by atoms with E-state index >= 15 is 0 Å². The molecule has 3 rings (SSSR count). The maximum absolute atomic E-state index is 13.2. The van der Waals surface area contributed by atoms with Crippen LogP contribution in [0.1, 0.15) is 25.7 Å². The van der Waals surface area contributed by atoms with Gasteiger partial charge in [0.1, 0.15) is 5.82 Å². The minimum absolute atomic E-state index is 0.311. The Hall–Kier alpha value is -1.69. The number of anilines is 1. The van der Waals surface area contributed by atoms with E-state index < -0.39 is 0 Å². The van der Waals surface area contributed by atoms with Crippen LogP contribution in [0, 0.1) is 11.7 Å². The maximum atomic E-state index is 13.2. The van der Waals surface area contributed by atoms with Gasteiger partial charge in [0.15, 0.2) is 5.65 Å². The first-order valence-corrected chi connectivity index (χ1v) is 7.14. The molecule has 20 heavy (non-hydrogen) atoms. The molecule has 2 atom stereocenters. The van der Waals surface area contributed by atoms with Gasteiger partial charge in [0, 0.05) is 13.1 Å². The van der Waals surface area contributed by atoms with Gasteiger partial charge >= 0.3 is 0 Å². The highest BCUT2D eigenvalue weighted by molar-refractivity contribution is 5.44. The summed E-state index contributed by atoms with van der Waals surface area (Å²) >= 11 is 0. The molecule has 2 unspecified atom stereocenters. The van der Waals surface area contributed by atoms with Gasteiger partial charge in [-0.2, -0.15) is 4.98 Å². The van der Waals surface area contributed by atoms with E-state index in [9.17, 15) is 4.39 Å². The van der Waals surface area contributed by atoms with Gasteiger partial charge in [0.2, 0.25) is 5.95 Å². The molecular weight excluding hydrogens is 257 g/mol. The Morgan fingerprint density at radius 1 is 1.40 bits per heavy atom. The van der Waals surface area contributed by atoms with Gasteiger partial charge < -0.3 is 10.6 Å². The van der Waals surface area contributed by atoms with Gasteiger partial charge in [0.05, 0.1) is 6.20 Å². The van der Waals surface area contributed by atoms with Crippen molar-refractivity contribution < 1.29 is 4.39 Å². The Kier molecular flexibility index (Phi) is 3.56. The number of hydrogen-bond donors (Lipinski definition) is 1. The molecule has 1 aliphatic rings. The Morgan fingerprint density at radius 2 is 2.20 bits per heavy atom. The van der Waals surface area contributed by atoms with Crippen LogP contribution in [0.15, 0.2) is 18.3 Å². The molecule has 0 saturated heterocycles. The first-order chi connectivity index (χ1) is 9.69. The number of aromatic nitrogens is 3. The fourth-order valence-corrected chi connectivity index (χ4v) is 3.12. The average molecular weight is 277 g/mol. The molecule has 1 saturated carbocycles. The minimum Gasteiger partial charge on any atom is -0.339 e. The van der Waals surface area contributed by atoms with Gasteiger partial charge in [-0.15, -0.1) is 5.10 Å². The third-order valence-electron chi connectivity index (χ3n) is 4.27. The summed E-state index contributed by atoms with van der Waals surface area (Å²) in [4.78, 5) is 6.57. The molecule has 0 aliphatic heterocycles. The number of fused-ring (bicyclic) bond motifs is 1. The van der Waals surface area contributed by atoms with E-state index in [1.54, 1.807) is 6.07 Å². The first-order valence-electron chi connectivity index (χ1n) is 7.14. The second-order valence-corrected chi connectivity index (χ2v) is 5.52. The van der Waals surface area contributed by atoms with Crippen LogP contribution in [-0.4, -0.2) is 34.2 Å². The Morgan fingerprint density at radius 3 is 3.00 bits per heavy atom. The highest BCUT2D eigenvalue weighted by atomic mass is 19.1. The highest BCUT2D eigenvalue weighted by Gasteiger charge is 2.29. The van der Waals surface area contributed by atoms with E-state index in [1.165, 1.54) is 29.6 Å². The molecule has 6 heteroatoms. The molecule has 0 aromatic carbocycles. The fourth-order valence-electron chi connectivity index (χ4n) is 3.12. The molecule has 2 aromatic heterocycles. The number of nitrogens with two attached hydrogens (primary N) is 1. The Labute approximate surface area is 117 Å². The van der Waals surface area contributed by atoms with Crippen molar-refractivity contribution in [3.63, 3.8) is 0 Å². The lowest BCUT2D eigenvalue weighted by Gasteiger charge is -2.36. The van der Waals surface area contributed by atoms with Crippen molar-refractivity contribution in [3.05, 3.63) is 24.1 Å². The van der Waals surface area contributed by atoms with Crippen molar-refractivity contribution in [2.24, 2.45) is 11.7 Å². The summed E-state index contributed by atoms with van der Waals surface area (Å²) in [6.07, 6.45) is 6.08. The zero-order valence-electron chi connectivity index (χ0n) is 11.7. The maximum Gasteiger partial charge on any atom is 0.245 e. The van der Waals surface area contributed by atoms with Crippen LogP contribution in [-0.2, 0) is 0 Å². The monoisotopic (exact) mass is 277 g/mol. The number of hydrogen-bond acceptors (Lipinski definition) is 4. The van der Waals surface area contributed by atoms with E-state index in [2.05, 4.69) is 15.0 Å². The van der Waals surface area contributed by atoms with Crippen LogP contribution in [0.4, 0.5) is 10.3 Å². The average Bonchev–Trinajstić information content (AvgIpc) is 2.89. The van der Waals surface area contributed by atoms with Crippen LogP contribution < -0.4 is 10.6 Å². The smallest absolute Gasteiger partial charge is 0.245 e. The van der Waals surface area contributed by atoms with E-state index in [-0.39, 0.29) is 5.82 Å². The standard InChI is InChI=1S/C14H20FN5/c1-19(12-5-3-2-4-10(12)8-16)14-17-13-7-6-11(15)9-20(13)18-14/h6-7,9-10,12H,2-5,8,16H2,1H3. The molecule has 1 fully saturated rings. The van der Waals surface area contributed by atoms with Gasteiger partial charge in [-0.3, -0.25) is 0 Å². The summed E-state index contributed by atoms with van der Waals surface area (Å²) in [7, 11) is 2.00. The Bertz CT molecular complexity index is 596. The SMILES string of the molecule is CN(c1nc2ccc(F)cn2n1)C1CCCCC1CN. The van der Waals surface area contributed by atoms with Crippen LogP contribution in [0.3, 0.4) is 0 Å². The topological polar surface area (TPSA) is 59.5 Å². The van der Waals surface area contributed by atoms with Crippen molar-refractivity contribution in [1.29, 1.82) is 0 Å². The molecule has 2 aromatic rings. The molecule has 0 radical (unpaired) electrons. The molecule has 0 amide bonds. The molecule has 1 aliphatic carbocycles. The molecule has 0 spiro atoms. The summed E-state index contributed by atoms with van der Waals surface area (Å²) in [6, 6.07) is 3.41. The number of halogens is 1. The van der Waals surface area contributed by atoms with E-state index in [1.807, 2.05) is 7.05 Å². The number of nitrogens with zero attached hydrogens (tertiary/aromatic N) is 4. The predicted octanol–water partition coefficient (Wildman–Crippen LogP) is 1.82. The quantitative estimate of drug-likeness (QED) is 0.929. The molecule has 0 bridgehead atoms. The van der Waals surface area contributed by atoms with Crippen molar-refractivity contribution in [2.75, 3.05) is 18.5 Å². The Balaban J connectivity index is 1.89. The first kappa shape index (κ1) is 13.3. The zero-order valence-corrected chi connectivity index (χ0v) is 11.7. The van der Waals surface area contributed by atoms with Gasteiger partial charge in [-0.1, -0.05) is 12.8 Å². The lowest BCUT2D eigenvalue weighted by atomic mass is 9.84. The zero-order chi connectivity index (χ0) is 14.1. The van der Waals surface area contributed by atoms with Crippen LogP contribution in [0.5, 0.6) is 0 Å². The summed E-state index contributed by atoms with van der Waals surface area (Å²) in [5.74, 6) is 0.812. The molecule has 108 valence electrons. The summed E-state index contributed by atoms with van der Waals surface area (Å²) < 4.78 is 14.7. The molecular formula is C14H20FN5. The minimum atomic E-state index is -0.311. The third kappa shape index (κ3) is 2.35. The highest BCUT2D eigenvalue weighted by Crippen LogP contribution is 2.29. The molecule has 5 nitrogen and oxygen atoms in total. The summed E-state index contributed by atoms with van der Waals surface area (Å²) in [5, 5.41) is 4.37. The third-order valence-corrected chi connectivity index (χ3v) is 4.27. The lowest BCUT2D eigenvalue weighted by Crippen LogP contribution is -2.43. The lowest BCUT2D eigenvalue weighted by molar-refractivity contribution is 0.304. The van der Waals surface area contributed by atoms with Crippen LogP contribution >= 0.6 is 0 Å². The van der Waals surface area contributed by atoms with Crippen molar-refractivity contribution in [2.45, 2.75) is 31.7 Å². The molecule has 2 heterocycles. The fraction of sp³-hybridized carbons (Fsp3) is 0.571.